The molecule has 4 rings (SSSR count). The molecule has 2 aliphatic heterocycles. The number of rotatable bonds is 4. The molecule has 1 atom stereocenters. The Bertz CT molecular complexity index is 879. The van der Waals surface area contributed by atoms with Crippen LogP contribution in [0.4, 0.5) is 0 Å². The maximum atomic E-state index is 12.5. The Hall–Kier alpha value is -1.85. The van der Waals surface area contributed by atoms with Crippen LogP contribution < -0.4 is 4.74 Å². The van der Waals surface area contributed by atoms with Gasteiger partial charge in [-0.05, 0) is 36.1 Å². The third kappa shape index (κ3) is 2.85. The smallest absolute Gasteiger partial charge is 0.214 e. The molecule has 0 bridgehead atoms. The molecule has 132 valence electrons. The van der Waals surface area contributed by atoms with Gasteiger partial charge in [0.2, 0.25) is 10.0 Å². The maximum absolute atomic E-state index is 12.5. The van der Waals surface area contributed by atoms with Crippen LogP contribution in [-0.4, -0.2) is 38.2 Å². The molecular formula is C20H23NO3S. The Balaban J connectivity index is 1.68. The number of hydrogen-bond donors (Lipinski definition) is 0. The molecule has 0 aromatic heterocycles. The van der Waals surface area contributed by atoms with E-state index < -0.39 is 10.0 Å². The molecule has 4 nitrogen and oxygen atoms in total. The fourth-order valence-corrected chi connectivity index (χ4v) is 5.56. The van der Waals surface area contributed by atoms with Gasteiger partial charge in [-0.3, -0.25) is 0 Å². The van der Waals surface area contributed by atoms with Gasteiger partial charge in [0.05, 0.1) is 12.4 Å². The van der Waals surface area contributed by atoms with Crippen molar-refractivity contribution in [2.45, 2.75) is 25.2 Å². The van der Waals surface area contributed by atoms with Gasteiger partial charge in [0, 0.05) is 24.1 Å². The molecule has 1 spiro atoms. The lowest BCUT2D eigenvalue weighted by molar-refractivity contribution is 0.271. The molecule has 1 fully saturated rings. The van der Waals surface area contributed by atoms with Crippen molar-refractivity contribution in [3.63, 3.8) is 0 Å². The molecule has 2 heterocycles. The number of nitrogens with zero attached hydrogens (tertiary/aromatic N) is 1. The van der Waals surface area contributed by atoms with Crippen molar-refractivity contribution in [2.24, 2.45) is 0 Å². The molecule has 1 saturated heterocycles. The fraction of sp³-hybridized carbons (Fsp3) is 0.400. The van der Waals surface area contributed by atoms with E-state index in [1.54, 1.807) is 4.31 Å². The molecule has 2 aliphatic rings. The zero-order valence-electron chi connectivity index (χ0n) is 14.4. The first-order valence-corrected chi connectivity index (χ1v) is 10.5. The van der Waals surface area contributed by atoms with Crippen LogP contribution in [0.25, 0.3) is 11.1 Å². The van der Waals surface area contributed by atoms with Crippen LogP contribution in [0.2, 0.25) is 0 Å². The van der Waals surface area contributed by atoms with E-state index in [2.05, 4.69) is 24.3 Å². The summed E-state index contributed by atoms with van der Waals surface area (Å²) in [5, 5.41) is 0. The van der Waals surface area contributed by atoms with Crippen molar-refractivity contribution < 1.29 is 13.2 Å². The zero-order valence-corrected chi connectivity index (χ0v) is 15.3. The minimum atomic E-state index is -3.16. The van der Waals surface area contributed by atoms with Crippen LogP contribution in [0.1, 0.15) is 25.3 Å². The van der Waals surface area contributed by atoms with Gasteiger partial charge >= 0.3 is 0 Å². The van der Waals surface area contributed by atoms with Gasteiger partial charge < -0.3 is 4.74 Å². The molecule has 0 aliphatic carbocycles. The lowest BCUT2D eigenvalue weighted by Crippen LogP contribution is -2.36. The average molecular weight is 357 g/mol. The first kappa shape index (κ1) is 16.6. The van der Waals surface area contributed by atoms with Gasteiger partial charge in [-0.15, -0.1) is 0 Å². The standard InChI is InChI=1S/C20H23NO3S/c1-2-12-25(22,23)21-11-10-20(14-21)15-24-19-9-8-17(13-18(19)20)16-6-4-3-5-7-16/h3-9,13H,2,10-12,14-15H2,1H3/t20-/m0/s1. The van der Waals surface area contributed by atoms with Crippen molar-refractivity contribution in [2.75, 3.05) is 25.4 Å². The van der Waals surface area contributed by atoms with Crippen LogP contribution in [0.5, 0.6) is 5.75 Å². The monoisotopic (exact) mass is 357 g/mol. The van der Waals surface area contributed by atoms with Crippen LogP contribution in [-0.2, 0) is 15.4 Å². The summed E-state index contributed by atoms with van der Waals surface area (Å²) in [5.74, 6) is 1.12. The van der Waals surface area contributed by atoms with E-state index in [0.717, 1.165) is 23.3 Å². The highest BCUT2D eigenvalue weighted by atomic mass is 32.2. The first-order valence-electron chi connectivity index (χ1n) is 8.85. The van der Waals surface area contributed by atoms with Gasteiger partial charge in [-0.25, -0.2) is 12.7 Å². The van der Waals surface area contributed by atoms with E-state index in [0.29, 0.717) is 26.1 Å². The van der Waals surface area contributed by atoms with Crippen LogP contribution in [0.15, 0.2) is 48.5 Å². The number of ether oxygens (including phenoxy) is 1. The van der Waals surface area contributed by atoms with E-state index in [9.17, 15) is 8.42 Å². The van der Waals surface area contributed by atoms with E-state index in [1.165, 1.54) is 5.56 Å². The zero-order chi connectivity index (χ0) is 17.5. The van der Waals surface area contributed by atoms with Gasteiger partial charge in [0.25, 0.3) is 0 Å². The lowest BCUT2D eigenvalue weighted by Gasteiger charge is -2.23. The summed E-state index contributed by atoms with van der Waals surface area (Å²) < 4.78 is 32.5. The second-order valence-electron chi connectivity index (χ2n) is 7.05. The van der Waals surface area contributed by atoms with Crippen LogP contribution in [0, 0.1) is 0 Å². The minimum absolute atomic E-state index is 0.207. The summed E-state index contributed by atoms with van der Waals surface area (Å²) in [7, 11) is -3.16. The molecule has 25 heavy (non-hydrogen) atoms. The summed E-state index contributed by atoms with van der Waals surface area (Å²) in [4.78, 5) is 0. The molecule has 0 radical (unpaired) electrons. The molecule has 0 N–H and O–H groups in total. The summed E-state index contributed by atoms with van der Waals surface area (Å²) in [5.41, 5.74) is 3.27. The number of benzene rings is 2. The van der Waals surface area contributed by atoms with E-state index >= 15 is 0 Å². The molecular weight excluding hydrogens is 334 g/mol. The third-order valence-electron chi connectivity index (χ3n) is 5.34. The number of sulfonamides is 1. The van der Waals surface area contributed by atoms with Gasteiger partial charge in [0.1, 0.15) is 5.75 Å². The topological polar surface area (TPSA) is 46.6 Å². The Morgan fingerprint density at radius 1 is 1.12 bits per heavy atom. The minimum Gasteiger partial charge on any atom is -0.492 e. The molecule has 0 amide bonds. The Morgan fingerprint density at radius 3 is 2.68 bits per heavy atom. The lowest BCUT2D eigenvalue weighted by atomic mass is 9.81. The predicted octanol–water partition coefficient (Wildman–Crippen LogP) is 3.43. The molecule has 5 heteroatoms. The van der Waals surface area contributed by atoms with Crippen molar-refractivity contribution in [3.05, 3.63) is 54.1 Å². The molecule has 2 aromatic rings. The quantitative estimate of drug-likeness (QED) is 0.842. The summed E-state index contributed by atoms with van der Waals surface area (Å²) in [6.07, 6.45) is 1.47. The molecule has 0 unspecified atom stereocenters. The SMILES string of the molecule is CCCS(=O)(=O)N1CC[C@@]2(COc3ccc(-c4ccccc4)cc32)C1. The van der Waals surface area contributed by atoms with E-state index in [1.807, 2.05) is 31.2 Å². The highest BCUT2D eigenvalue weighted by molar-refractivity contribution is 7.89. The summed E-state index contributed by atoms with van der Waals surface area (Å²) in [6, 6.07) is 16.5. The summed E-state index contributed by atoms with van der Waals surface area (Å²) in [6.45, 7) is 3.59. The Morgan fingerprint density at radius 2 is 1.92 bits per heavy atom. The van der Waals surface area contributed by atoms with Crippen molar-refractivity contribution in [1.82, 2.24) is 4.31 Å². The fourth-order valence-electron chi connectivity index (χ4n) is 3.97. The van der Waals surface area contributed by atoms with Crippen LogP contribution >= 0.6 is 0 Å². The summed E-state index contributed by atoms with van der Waals surface area (Å²) >= 11 is 0. The third-order valence-corrected chi connectivity index (χ3v) is 7.36. The second-order valence-corrected chi connectivity index (χ2v) is 9.13. The van der Waals surface area contributed by atoms with Crippen molar-refractivity contribution in [3.8, 4) is 16.9 Å². The van der Waals surface area contributed by atoms with Gasteiger partial charge in [-0.1, -0.05) is 43.3 Å². The van der Waals surface area contributed by atoms with Crippen LogP contribution in [0.3, 0.4) is 0 Å². The largest absolute Gasteiger partial charge is 0.492 e. The van der Waals surface area contributed by atoms with E-state index in [4.69, 9.17) is 4.74 Å². The van der Waals surface area contributed by atoms with Crippen molar-refractivity contribution >= 4 is 10.0 Å². The maximum Gasteiger partial charge on any atom is 0.214 e. The normalized spacial score (nSPS) is 22.9. The van der Waals surface area contributed by atoms with E-state index in [-0.39, 0.29) is 11.2 Å². The number of hydrogen-bond acceptors (Lipinski definition) is 3. The van der Waals surface area contributed by atoms with Gasteiger partial charge in [-0.2, -0.15) is 0 Å². The molecule has 2 aromatic carbocycles. The molecule has 0 saturated carbocycles. The average Bonchev–Trinajstić information content (AvgIpc) is 3.22. The van der Waals surface area contributed by atoms with Gasteiger partial charge in [0.15, 0.2) is 0 Å². The highest BCUT2D eigenvalue weighted by Crippen LogP contribution is 2.46. The Labute approximate surface area is 149 Å². The second kappa shape index (κ2) is 6.15. The Kier molecular flexibility index (Phi) is 4.08. The predicted molar refractivity (Wildman–Crippen MR) is 99.3 cm³/mol. The highest BCUT2D eigenvalue weighted by Gasteiger charge is 2.48. The van der Waals surface area contributed by atoms with Crippen molar-refractivity contribution in [1.29, 1.82) is 0 Å². The number of fused-ring (bicyclic) bond motifs is 2. The first-order chi connectivity index (χ1) is 12.0.